The van der Waals surface area contributed by atoms with Crippen LogP contribution in [-0.2, 0) is 12.7 Å². The molecule has 0 spiro atoms. The quantitative estimate of drug-likeness (QED) is 0.315. The smallest absolute Gasteiger partial charge is 0.380 e. The number of rotatable bonds is 10. The van der Waals surface area contributed by atoms with Crippen LogP contribution in [0.25, 0.3) is 0 Å². The number of thioether (sulfide) groups is 1. The van der Waals surface area contributed by atoms with Crippen LogP contribution in [0.4, 0.5) is 18.9 Å². The van der Waals surface area contributed by atoms with Crippen molar-refractivity contribution in [3.63, 3.8) is 0 Å². The molecule has 2 nitrogen and oxygen atoms in total. The summed E-state index contributed by atoms with van der Waals surface area (Å²) in [5, 5.41) is 3.56. The van der Waals surface area contributed by atoms with Crippen molar-refractivity contribution < 1.29 is 18.0 Å². The molecule has 0 saturated carbocycles. The van der Waals surface area contributed by atoms with E-state index in [4.69, 9.17) is 0 Å². The van der Waals surface area contributed by atoms with Crippen LogP contribution in [0.3, 0.4) is 0 Å². The first-order valence-electron chi connectivity index (χ1n) is 9.96. The summed E-state index contributed by atoms with van der Waals surface area (Å²) < 4.78 is 39.7. The van der Waals surface area contributed by atoms with Gasteiger partial charge in [-0.2, -0.15) is 13.2 Å². The molecule has 0 bridgehead atoms. The van der Waals surface area contributed by atoms with Crippen molar-refractivity contribution in [1.29, 1.82) is 0 Å². The number of hydrogen-bond acceptors (Lipinski definition) is 3. The van der Waals surface area contributed by atoms with Gasteiger partial charge in [-0.05, 0) is 43.5 Å². The second-order valence-corrected chi connectivity index (χ2v) is 8.47. The molecule has 0 radical (unpaired) electrons. The lowest BCUT2D eigenvalue weighted by Gasteiger charge is -2.19. The Labute approximate surface area is 175 Å². The number of carbonyl (C=O) groups excluding carboxylic acids is 1. The van der Waals surface area contributed by atoms with Crippen molar-refractivity contribution in [3.05, 3.63) is 59.2 Å². The molecule has 1 N–H and O–H groups in total. The molecule has 29 heavy (non-hydrogen) atoms. The number of nitrogens with one attached hydrogen (secondary N) is 1. The Hall–Kier alpha value is -1.95. The maximum atomic E-state index is 13.2. The highest BCUT2D eigenvalue weighted by atomic mass is 32.2. The highest BCUT2D eigenvalue weighted by Crippen LogP contribution is 2.39. The van der Waals surface area contributed by atoms with E-state index in [1.54, 1.807) is 30.0 Å². The summed E-state index contributed by atoms with van der Waals surface area (Å²) in [6.07, 6.45) is -0.223. The summed E-state index contributed by atoms with van der Waals surface area (Å²) in [6, 6.07) is 11.0. The van der Waals surface area contributed by atoms with Crippen molar-refractivity contribution in [2.45, 2.75) is 69.3 Å². The van der Waals surface area contributed by atoms with E-state index in [9.17, 15) is 18.0 Å². The van der Waals surface area contributed by atoms with Crippen molar-refractivity contribution >= 4 is 23.2 Å². The van der Waals surface area contributed by atoms with Crippen molar-refractivity contribution in [2.24, 2.45) is 0 Å². The third kappa shape index (κ3) is 7.11. The summed E-state index contributed by atoms with van der Waals surface area (Å²) in [5.41, 5.74) is 1.37. The number of hydrogen-bond donors (Lipinski definition) is 1. The molecule has 0 atom stereocenters. The Bertz CT molecular complexity index is 797. The summed E-state index contributed by atoms with van der Waals surface area (Å²) in [7, 11) is 0. The highest BCUT2D eigenvalue weighted by molar-refractivity contribution is 8.00. The molecular weight excluding hydrogens is 395 g/mol. The van der Waals surface area contributed by atoms with Gasteiger partial charge < -0.3 is 5.32 Å². The first-order valence-corrected chi connectivity index (χ1v) is 10.8. The number of carbonyl (C=O) groups is 1. The van der Waals surface area contributed by atoms with E-state index in [1.807, 2.05) is 12.1 Å². The Kier molecular flexibility index (Phi) is 8.62. The molecule has 2 rings (SSSR count). The standard InChI is InChI=1S/C23H28F3NOS/c1-4-6-20(7-5-2)29-22-13-12-19(23(24,25)26)14-21(22)27-15-17-8-10-18(11-9-17)16(3)28/h8-14,20,27H,4-7,15H2,1-3H3. The Morgan fingerprint density at radius 3 is 2.17 bits per heavy atom. The van der Waals surface area contributed by atoms with Gasteiger partial charge in [0.1, 0.15) is 0 Å². The van der Waals surface area contributed by atoms with Gasteiger partial charge >= 0.3 is 6.18 Å². The molecular formula is C23H28F3NOS. The van der Waals surface area contributed by atoms with Crippen LogP contribution in [0.15, 0.2) is 47.4 Å². The third-order valence-electron chi connectivity index (χ3n) is 4.67. The second-order valence-electron chi connectivity index (χ2n) is 7.13. The third-order valence-corrected chi connectivity index (χ3v) is 6.08. The molecule has 0 saturated heterocycles. The predicted octanol–water partition coefficient (Wildman–Crippen LogP) is 7.58. The van der Waals surface area contributed by atoms with E-state index in [0.29, 0.717) is 23.0 Å². The van der Waals surface area contributed by atoms with Gasteiger partial charge in [0.25, 0.3) is 0 Å². The predicted molar refractivity (Wildman–Crippen MR) is 115 cm³/mol. The lowest BCUT2D eigenvalue weighted by Crippen LogP contribution is -2.09. The zero-order valence-corrected chi connectivity index (χ0v) is 17.9. The monoisotopic (exact) mass is 423 g/mol. The molecule has 0 amide bonds. The number of ketones is 1. The van der Waals surface area contributed by atoms with Crippen molar-refractivity contribution in [2.75, 3.05) is 5.32 Å². The average Bonchev–Trinajstić information content (AvgIpc) is 2.67. The molecule has 0 aliphatic heterocycles. The fraction of sp³-hybridized carbons (Fsp3) is 0.435. The van der Waals surface area contributed by atoms with Gasteiger partial charge in [0.05, 0.1) is 5.56 Å². The zero-order chi connectivity index (χ0) is 21.4. The second kappa shape index (κ2) is 10.7. The van der Waals surface area contributed by atoms with Crippen LogP contribution in [-0.4, -0.2) is 11.0 Å². The van der Waals surface area contributed by atoms with E-state index >= 15 is 0 Å². The highest BCUT2D eigenvalue weighted by Gasteiger charge is 2.31. The van der Waals surface area contributed by atoms with Gasteiger partial charge in [-0.25, -0.2) is 0 Å². The minimum Gasteiger partial charge on any atom is -0.380 e. The summed E-state index contributed by atoms with van der Waals surface area (Å²) >= 11 is 1.65. The number of anilines is 1. The number of halogens is 3. The minimum atomic E-state index is -4.38. The van der Waals surface area contributed by atoms with Crippen LogP contribution < -0.4 is 5.32 Å². The van der Waals surface area contributed by atoms with Crippen LogP contribution >= 0.6 is 11.8 Å². The molecule has 2 aromatic rings. The Morgan fingerprint density at radius 1 is 1.03 bits per heavy atom. The molecule has 158 valence electrons. The zero-order valence-electron chi connectivity index (χ0n) is 17.1. The first-order chi connectivity index (χ1) is 13.7. The fourth-order valence-corrected chi connectivity index (χ4v) is 4.56. The summed E-state index contributed by atoms with van der Waals surface area (Å²) in [6.45, 7) is 6.14. The number of benzene rings is 2. The van der Waals surface area contributed by atoms with Crippen molar-refractivity contribution in [3.8, 4) is 0 Å². The number of Topliss-reactive ketones (excluding diaryl/α,β-unsaturated/α-hetero) is 1. The van der Waals surface area contributed by atoms with E-state index in [0.717, 1.165) is 42.2 Å². The molecule has 0 heterocycles. The van der Waals surface area contributed by atoms with E-state index in [2.05, 4.69) is 19.2 Å². The Balaban J connectivity index is 2.24. The van der Waals surface area contributed by atoms with Gasteiger partial charge in [-0.3, -0.25) is 4.79 Å². The van der Waals surface area contributed by atoms with Crippen LogP contribution in [0, 0.1) is 0 Å². The van der Waals surface area contributed by atoms with E-state index in [1.165, 1.54) is 13.0 Å². The maximum Gasteiger partial charge on any atom is 0.416 e. The summed E-state index contributed by atoms with van der Waals surface area (Å²) in [5.74, 6) is -0.0148. The lowest BCUT2D eigenvalue weighted by molar-refractivity contribution is -0.137. The molecule has 6 heteroatoms. The van der Waals surface area contributed by atoms with Gasteiger partial charge in [0.2, 0.25) is 0 Å². The van der Waals surface area contributed by atoms with E-state index < -0.39 is 11.7 Å². The normalized spacial score (nSPS) is 11.7. The van der Waals surface area contributed by atoms with Crippen LogP contribution in [0.2, 0.25) is 0 Å². The van der Waals surface area contributed by atoms with E-state index in [-0.39, 0.29) is 5.78 Å². The molecule has 2 aromatic carbocycles. The SMILES string of the molecule is CCCC(CCC)Sc1ccc(C(F)(F)F)cc1NCc1ccc(C(C)=O)cc1. The minimum absolute atomic E-state index is 0.0148. The van der Waals surface area contributed by atoms with Gasteiger partial charge in [0, 0.05) is 27.9 Å². The summed E-state index contributed by atoms with van der Waals surface area (Å²) in [4.78, 5) is 12.2. The largest absolute Gasteiger partial charge is 0.416 e. The number of alkyl halides is 3. The van der Waals surface area contributed by atoms with Gasteiger partial charge in [0.15, 0.2) is 5.78 Å². The van der Waals surface area contributed by atoms with Gasteiger partial charge in [-0.1, -0.05) is 51.0 Å². The molecule has 0 unspecified atom stereocenters. The molecule has 0 aliphatic carbocycles. The molecule has 0 fully saturated rings. The first kappa shape index (κ1) is 23.3. The molecule has 0 aromatic heterocycles. The fourth-order valence-electron chi connectivity index (χ4n) is 3.09. The Morgan fingerprint density at radius 2 is 1.66 bits per heavy atom. The lowest BCUT2D eigenvalue weighted by atomic mass is 10.1. The average molecular weight is 424 g/mol. The van der Waals surface area contributed by atoms with Crippen LogP contribution in [0.5, 0.6) is 0 Å². The maximum absolute atomic E-state index is 13.2. The van der Waals surface area contributed by atoms with Crippen molar-refractivity contribution in [1.82, 2.24) is 0 Å². The molecule has 0 aliphatic rings. The topological polar surface area (TPSA) is 29.1 Å². The van der Waals surface area contributed by atoms with Gasteiger partial charge in [-0.15, -0.1) is 11.8 Å². The van der Waals surface area contributed by atoms with Crippen LogP contribution in [0.1, 0.15) is 67.9 Å².